The van der Waals surface area contributed by atoms with Crippen molar-refractivity contribution in [2.75, 3.05) is 30.1 Å². The van der Waals surface area contributed by atoms with Crippen LogP contribution in [0.4, 0.5) is 29.7 Å². The van der Waals surface area contributed by atoms with Crippen LogP contribution in [0.25, 0.3) is 0 Å². The molecule has 3 heterocycles. The molecule has 2 aliphatic rings. The van der Waals surface area contributed by atoms with Gasteiger partial charge in [-0.2, -0.15) is 18.2 Å². The molecule has 1 amide bonds. The minimum Gasteiger partial charge on any atom is -0.444 e. The number of hydrogen-bond acceptors (Lipinski definition) is 7. The molecule has 190 valence electrons. The molecule has 0 unspecified atom stereocenters. The molecule has 11 heteroatoms. The summed E-state index contributed by atoms with van der Waals surface area (Å²) in [6, 6.07) is 8.59. The Balaban J connectivity index is 1.56. The third kappa shape index (κ3) is 6.14. The van der Waals surface area contributed by atoms with E-state index >= 15 is 0 Å². The van der Waals surface area contributed by atoms with Gasteiger partial charge in [0.25, 0.3) is 0 Å². The number of hydrogen-bond donors (Lipinski definition) is 1. The first kappa shape index (κ1) is 25.0. The van der Waals surface area contributed by atoms with Crippen molar-refractivity contribution in [2.45, 2.75) is 63.9 Å². The Bertz CT molecular complexity index is 1030. The Kier molecular flexibility index (Phi) is 7.07. The molecule has 2 fully saturated rings. The van der Waals surface area contributed by atoms with Crippen LogP contribution in [0.3, 0.4) is 0 Å². The van der Waals surface area contributed by atoms with E-state index in [4.69, 9.17) is 9.57 Å². The Labute approximate surface area is 202 Å². The summed E-state index contributed by atoms with van der Waals surface area (Å²) in [6.45, 7) is 6.55. The number of carbonyl (C=O) groups is 1. The Morgan fingerprint density at radius 3 is 2.60 bits per heavy atom. The van der Waals surface area contributed by atoms with E-state index in [-0.39, 0.29) is 24.4 Å². The van der Waals surface area contributed by atoms with Gasteiger partial charge in [-0.1, -0.05) is 30.3 Å². The second kappa shape index (κ2) is 9.88. The van der Waals surface area contributed by atoms with Crippen LogP contribution < -0.4 is 10.4 Å². The number of benzene rings is 1. The SMILES string of the molecule is CC(C)(C)OC(=O)N1CCC[C@@H](Nc2ncc(C(F)(F)F)c(N3OCC[C@H]3c3ccccc3)n2)C1. The molecule has 0 saturated carbocycles. The normalized spacial score (nSPS) is 21.2. The van der Waals surface area contributed by atoms with E-state index in [1.807, 2.05) is 30.3 Å². The maximum absolute atomic E-state index is 13.9. The third-order valence-corrected chi connectivity index (χ3v) is 5.78. The van der Waals surface area contributed by atoms with Crippen molar-refractivity contribution in [1.29, 1.82) is 0 Å². The van der Waals surface area contributed by atoms with Crippen LogP contribution in [-0.2, 0) is 15.8 Å². The van der Waals surface area contributed by atoms with Gasteiger partial charge in [0.1, 0.15) is 11.2 Å². The molecule has 2 aliphatic heterocycles. The maximum Gasteiger partial charge on any atom is 0.421 e. The van der Waals surface area contributed by atoms with Crippen molar-refractivity contribution in [2.24, 2.45) is 0 Å². The minimum atomic E-state index is -4.65. The molecule has 8 nitrogen and oxygen atoms in total. The van der Waals surface area contributed by atoms with Crippen LogP contribution in [0, 0.1) is 0 Å². The molecular weight excluding hydrogens is 463 g/mol. The molecule has 2 atom stereocenters. The van der Waals surface area contributed by atoms with Crippen molar-refractivity contribution in [3.8, 4) is 0 Å². The summed E-state index contributed by atoms with van der Waals surface area (Å²) in [5, 5.41) is 4.34. The van der Waals surface area contributed by atoms with Gasteiger partial charge in [-0.05, 0) is 39.2 Å². The van der Waals surface area contributed by atoms with Gasteiger partial charge in [0.15, 0.2) is 5.82 Å². The van der Waals surface area contributed by atoms with Crippen molar-refractivity contribution < 1.29 is 27.5 Å². The molecule has 1 aromatic heterocycles. The first-order valence-corrected chi connectivity index (χ1v) is 11.7. The fourth-order valence-corrected chi connectivity index (χ4v) is 4.24. The Hall–Kier alpha value is -3.08. The predicted octanol–water partition coefficient (Wildman–Crippen LogP) is 5.19. The van der Waals surface area contributed by atoms with Crippen LogP contribution in [0.5, 0.6) is 0 Å². The monoisotopic (exact) mass is 493 g/mol. The summed E-state index contributed by atoms with van der Waals surface area (Å²) >= 11 is 0. The van der Waals surface area contributed by atoms with Crippen molar-refractivity contribution in [3.63, 3.8) is 0 Å². The zero-order valence-electron chi connectivity index (χ0n) is 20.0. The topological polar surface area (TPSA) is 79.8 Å². The van der Waals surface area contributed by atoms with E-state index in [1.165, 1.54) is 5.06 Å². The summed E-state index contributed by atoms with van der Waals surface area (Å²) in [4.78, 5) is 27.9. The van der Waals surface area contributed by atoms with Gasteiger partial charge in [-0.3, -0.25) is 4.84 Å². The lowest BCUT2D eigenvalue weighted by Gasteiger charge is -2.34. The molecule has 2 saturated heterocycles. The lowest BCUT2D eigenvalue weighted by molar-refractivity contribution is -0.138. The van der Waals surface area contributed by atoms with Crippen LogP contribution in [0.15, 0.2) is 36.5 Å². The van der Waals surface area contributed by atoms with E-state index in [1.54, 1.807) is 25.7 Å². The van der Waals surface area contributed by atoms with Gasteiger partial charge in [0.2, 0.25) is 5.95 Å². The highest BCUT2D eigenvalue weighted by atomic mass is 19.4. The van der Waals surface area contributed by atoms with Crippen LogP contribution in [-0.4, -0.2) is 52.3 Å². The molecular formula is C24H30F3N5O3. The van der Waals surface area contributed by atoms with Crippen LogP contribution in [0.2, 0.25) is 0 Å². The number of likely N-dealkylation sites (tertiary alicyclic amines) is 1. The zero-order valence-corrected chi connectivity index (χ0v) is 20.0. The quantitative estimate of drug-likeness (QED) is 0.628. The number of anilines is 2. The molecule has 0 bridgehead atoms. The van der Waals surface area contributed by atoms with Crippen LogP contribution in [0.1, 0.15) is 57.2 Å². The summed E-state index contributed by atoms with van der Waals surface area (Å²) in [5.41, 5.74) is -0.745. The second-order valence-corrected chi connectivity index (χ2v) is 9.71. The molecule has 35 heavy (non-hydrogen) atoms. The Morgan fingerprint density at radius 1 is 1.17 bits per heavy atom. The van der Waals surface area contributed by atoms with Gasteiger partial charge >= 0.3 is 12.3 Å². The van der Waals surface area contributed by atoms with E-state index in [0.29, 0.717) is 25.9 Å². The van der Waals surface area contributed by atoms with E-state index in [2.05, 4.69) is 15.3 Å². The fraction of sp³-hybridized carbons (Fsp3) is 0.542. The van der Waals surface area contributed by atoms with Crippen molar-refractivity contribution in [3.05, 3.63) is 47.7 Å². The Morgan fingerprint density at radius 2 is 1.91 bits per heavy atom. The van der Waals surface area contributed by atoms with Crippen molar-refractivity contribution >= 4 is 17.9 Å². The van der Waals surface area contributed by atoms with Crippen LogP contribution >= 0.6 is 0 Å². The van der Waals surface area contributed by atoms with E-state index in [0.717, 1.165) is 18.2 Å². The third-order valence-electron chi connectivity index (χ3n) is 5.78. The number of nitrogens with one attached hydrogen (secondary N) is 1. The summed E-state index contributed by atoms with van der Waals surface area (Å²) in [6.07, 6.45) is -2.33. The van der Waals surface area contributed by atoms with Crippen molar-refractivity contribution in [1.82, 2.24) is 14.9 Å². The number of aromatic nitrogens is 2. The summed E-state index contributed by atoms with van der Waals surface area (Å²) in [5.74, 6) is -0.285. The van der Waals surface area contributed by atoms with Gasteiger partial charge in [0.05, 0.1) is 12.6 Å². The first-order chi connectivity index (χ1) is 16.5. The molecule has 0 aliphatic carbocycles. The highest BCUT2D eigenvalue weighted by molar-refractivity contribution is 5.68. The average molecular weight is 494 g/mol. The van der Waals surface area contributed by atoms with E-state index < -0.39 is 29.5 Å². The number of halogens is 3. The minimum absolute atomic E-state index is 0.0475. The molecule has 2 aromatic rings. The number of alkyl halides is 3. The molecule has 4 rings (SSSR count). The summed E-state index contributed by atoms with van der Waals surface area (Å²) < 4.78 is 47.0. The van der Waals surface area contributed by atoms with Gasteiger partial charge in [-0.15, -0.1) is 0 Å². The van der Waals surface area contributed by atoms with Gasteiger partial charge < -0.3 is 15.0 Å². The number of ether oxygens (including phenoxy) is 1. The number of rotatable bonds is 4. The number of nitrogens with zero attached hydrogens (tertiary/aromatic N) is 4. The number of hydroxylamine groups is 1. The molecule has 0 spiro atoms. The standard InChI is InChI=1S/C24H30F3N5O3/c1-23(2,3)35-22(33)31-12-7-10-17(15-31)29-21-28-14-18(24(25,26)27)20(30-21)32-19(11-13-34-32)16-8-5-4-6-9-16/h4-6,8-9,14,17,19H,7,10-13,15H2,1-3H3,(H,28,29,30)/t17-,19+/m1/s1. The van der Waals surface area contributed by atoms with E-state index in [9.17, 15) is 18.0 Å². The lowest BCUT2D eigenvalue weighted by atomic mass is 10.0. The predicted molar refractivity (Wildman–Crippen MR) is 124 cm³/mol. The molecule has 1 N–H and O–H groups in total. The smallest absolute Gasteiger partial charge is 0.421 e. The second-order valence-electron chi connectivity index (χ2n) is 9.71. The molecule has 0 radical (unpaired) electrons. The highest BCUT2D eigenvalue weighted by Crippen LogP contribution is 2.41. The largest absolute Gasteiger partial charge is 0.444 e. The highest BCUT2D eigenvalue weighted by Gasteiger charge is 2.41. The number of piperidine rings is 1. The first-order valence-electron chi connectivity index (χ1n) is 11.7. The average Bonchev–Trinajstić information content (AvgIpc) is 3.28. The lowest BCUT2D eigenvalue weighted by Crippen LogP contribution is -2.47. The van der Waals surface area contributed by atoms with Gasteiger partial charge in [0, 0.05) is 31.7 Å². The zero-order chi connectivity index (χ0) is 25.2. The summed E-state index contributed by atoms with van der Waals surface area (Å²) in [7, 11) is 0. The number of carbonyl (C=O) groups excluding carboxylic acids is 1. The number of amides is 1. The maximum atomic E-state index is 13.9. The fourth-order valence-electron chi connectivity index (χ4n) is 4.24. The van der Waals surface area contributed by atoms with Gasteiger partial charge in [-0.25, -0.2) is 14.8 Å². The molecule has 1 aromatic carbocycles.